The highest BCUT2D eigenvalue weighted by Gasteiger charge is 2.36. The minimum atomic E-state index is -4.55. The van der Waals surface area contributed by atoms with Crippen LogP contribution in [-0.4, -0.2) is 44.5 Å². The second-order valence-corrected chi connectivity index (χ2v) is 9.40. The SMILES string of the molecule is COc1cc(P(C)(C)=O)ccc1Nc1ncc(C(F)(F)F)c(N(C)C)n1. The van der Waals surface area contributed by atoms with Crippen LogP contribution in [0.2, 0.25) is 0 Å². The third-order valence-corrected chi connectivity index (χ3v) is 5.07. The van der Waals surface area contributed by atoms with Gasteiger partial charge in [-0.25, -0.2) is 4.98 Å². The van der Waals surface area contributed by atoms with Crippen molar-refractivity contribution in [1.82, 2.24) is 9.97 Å². The molecular weight excluding hydrogens is 368 g/mol. The van der Waals surface area contributed by atoms with E-state index in [0.29, 0.717) is 16.7 Å². The number of alkyl halides is 3. The summed E-state index contributed by atoms with van der Waals surface area (Å²) < 4.78 is 56.7. The molecule has 1 N–H and O–H groups in total. The summed E-state index contributed by atoms with van der Waals surface area (Å²) in [5, 5.41) is 3.47. The Morgan fingerprint density at radius 1 is 1.23 bits per heavy atom. The fourth-order valence-electron chi connectivity index (χ4n) is 2.21. The van der Waals surface area contributed by atoms with Gasteiger partial charge in [-0.1, -0.05) is 0 Å². The Labute approximate surface area is 149 Å². The van der Waals surface area contributed by atoms with Crippen molar-refractivity contribution in [1.29, 1.82) is 0 Å². The van der Waals surface area contributed by atoms with Gasteiger partial charge in [-0.3, -0.25) is 0 Å². The maximum absolute atomic E-state index is 13.1. The van der Waals surface area contributed by atoms with Crippen molar-refractivity contribution in [2.45, 2.75) is 6.18 Å². The van der Waals surface area contributed by atoms with Gasteiger partial charge in [0.15, 0.2) is 0 Å². The predicted molar refractivity (Wildman–Crippen MR) is 96.7 cm³/mol. The van der Waals surface area contributed by atoms with Crippen LogP contribution in [0.15, 0.2) is 24.4 Å². The van der Waals surface area contributed by atoms with Crippen LogP contribution in [0.3, 0.4) is 0 Å². The van der Waals surface area contributed by atoms with Crippen molar-refractivity contribution in [3.8, 4) is 5.75 Å². The largest absolute Gasteiger partial charge is 0.495 e. The van der Waals surface area contributed by atoms with Crippen LogP contribution in [0.1, 0.15) is 5.56 Å². The third kappa shape index (κ3) is 4.46. The summed E-state index contributed by atoms with van der Waals surface area (Å²) in [6, 6.07) is 4.92. The molecule has 0 unspecified atom stereocenters. The summed E-state index contributed by atoms with van der Waals surface area (Å²) in [6.07, 6.45) is -3.82. The third-order valence-electron chi connectivity index (χ3n) is 3.55. The molecule has 0 bridgehead atoms. The van der Waals surface area contributed by atoms with Gasteiger partial charge in [0.05, 0.1) is 12.8 Å². The van der Waals surface area contributed by atoms with Gasteiger partial charge in [0, 0.05) is 25.6 Å². The number of hydrogen-bond donors (Lipinski definition) is 1. The van der Waals surface area contributed by atoms with Gasteiger partial charge < -0.3 is 19.5 Å². The lowest BCUT2D eigenvalue weighted by molar-refractivity contribution is -0.137. The van der Waals surface area contributed by atoms with Crippen LogP contribution in [0.5, 0.6) is 5.75 Å². The van der Waals surface area contributed by atoms with E-state index in [0.717, 1.165) is 6.20 Å². The minimum absolute atomic E-state index is 0.0103. The highest BCUT2D eigenvalue weighted by atomic mass is 31.2. The van der Waals surface area contributed by atoms with Crippen molar-refractivity contribution in [2.24, 2.45) is 0 Å². The maximum Gasteiger partial charge on any atom is 0.421 e. The monoisotopic (exact) mass is 388 g/mol. The number of aromatic nitrogens is 2. The number of methoxy groups -OCH3 is 1. The van der Waals surface area contributed by atoms with E-state index in [2.05, 4.69) is 15.3 Å². The second kappa shape index (κ2) is 7.15. The number of benzene rings is 1. The summed E-state index contributed by atoms with van der Waals surface area (Å²) in [4.78, 5) is 8.97. The Bertz CT molecular complexity index is 850. The molecule has 26 heavy (non-hydrogen) atoms. The Kier molecular flexibility index (Phi) is 5.51. The van der Waals surface area contributed by atoms with E-state index in [1.54, 1.807) is 31.5 Å². The average Bonchev–Trinajstić information content (AvgIpc) is 2.53. The number of hydrogen-bond acceptors (Lipinski definition) is 6. The van der Waals surface area contributed by atoms with E-state index in [1.165, 1.54) is 26.1 Å². The lowest BCUT2D eigenvalue weighted by atomic mass is 10.3. The van der Waals surface area contributed by atoms with Crippen LogP contribution in [-0.2, 0) is 10.7 Å². The topological polar surface area (TPSA) is 67.3 Å². The molecule has 0 fully saturated rings. The Hall–Kier alpha value is -2.28. The first-order valence-corrected chi connectivity index (χ1v) is 10.2. The van der Waals surface area contributed by atoms with E-state index in [9.17, 15) is 17.7 Å². The molecule has 1 heterocycles. The first-order chi connectivity index (χ1) is 11.9. The molecule has 0 radical (unpaired) electrons. The number of ether oxygens (including phenoxy) is 1. The summed E-state index contributed by atoms with van der Waals surface area (Å²) in [5.41, 5.74) is -0.470. The quantitative estimate of drug-likeness (QED) is 0.790. The summed E-state index contributed by atoms with van der Waals surface area (Å²) >= 11 is 0. The number of halogens is 3. The van der Waals surface area contributed by atoms with Gasteiger partial charge in [-0.2, -0.15) is 18.2 Å². The zero-order valence-corrected chi connectivity index (χ0v) is 15.9. The molecule has 0 aliphatic heterocycles. The number of anilines is 3. The number of nitrogens with zero attached hydrogens (tertiary/aromatic N) is 3. The molecule has 0 saturated heterocycles. The maximum atomic E-state index is 13.1. The lowest BCUT2D eigenvalue weighted by Gasteiger charge is -2.19. The van der Waals surface area contributed by atoms with E-state index in [1.807, 2.05) is 0 Å². The van der Waals surface area contributed by atoms with Crippen molar-refractivity contribution in [3.63, 3.8) is 0 Å². The summed E-state index contributed by atoms with van der Waals surface area (Å²) in [6.45, 7) is 3.27. The Balaban J connectivity index is 2.43. The standard InChI is InChI=1S/C16H20F3N4O2P/c1-23(2)14-11(16(17,18)19)9-20-15(22-14)21-12-7-6-10(26(4,5)24)8-13(12)25-3/h6-9H,1-5H3,(H,20,21,22). The summed E-state index contributed by atoms with van der Waals surface area (Å²) in [5.74, 6) is 0.127. The van der Waals surface area contributed by atoms with Gasteiger partial charge in [0.1, 0.15) is 24.3 Å². The molecule has 0 spiro atoms. The molecule has 0 amide bonds. The molecular formula is C16H20F3N4O2P. The first kappa shape index (κ1) is 20.0. The minimum Gasteiger partial charge on any atom is -0.495 e. The predicted octanol–water partition coefficient (Wildman–Crippen LogP) is 3.56. The molecule has 2 rings (SSSR count). The van der Waals surface area contributed by atoms with E-state index >= 15 is 0 Å². The Morgan fingerprint density at radius 2 is 1.88 bits per heavy atom. The molecule has 0 aliphatic rings. The highest BCUT2D eigenvalue weighted by molar-refractivity contribution is 7.70. The summed E-state index contributed by atoms with van der Waals surface area (Å²) in [7, 11) is 1.90. The van der Waals surface area contributed by atoms with E-state index in [4.69, 9.17) is 4.74 Å². The smallest absolute Gasteiger partial charge is 0.421 e. The van der Waals surface area contributed by atoms with E-state index in [-0.39, 0.29) is 11.8 Å². The normalized spacial score (nSPS) is 12.0. The van der Waals surface area contributed by atoms with Gasteiger partial charge in [0.2, 0.25) is 5.95 Å². The number of rotatable bonds is 5. The molecule has 0 saturated carbocycles. The van der Waals surface area contributed by atoms with Crippen molar-refractivity contribution >= 4 is 29.9 Å². The lowest BCUT2D eigenvalue weighted by Crippen LogP contribution is -2.19. The molecule has 10 heteroatoms. The zero-order valence-electron chi connectivity index (χ0n) is 15.0. The van der Waals surface area contributed by atoms with Gasteiger partial charge in [-0.05, 0) is 31.5 Å². The van der Waals surface area contributed by atoms with Crippen LogP contribution in [0.25, 0.3) is 0 Å². The van der Waals surface area contributed by atoms with Crippen molar-refractivity contribution < 1.29 is 22.5 Å². The zero-order chi connectivity index (χ0) is 19.7. The van der Waals surface area contributed by atoms with E-state index < -0.39 is 18.9 Å². The number of nitrogens with one attached hydrogen (secondary N) is 1. The van der Waals surface area contributed by atoms with Gasteiger partial charge >= 0.3 is 6.18 Å². The second-order valence-electron chi connectivity index (χ2n) is 6.18. The van der Waals surface area contributed by atoms with Crippen LogP contribution in [0, 0.1) is 0 Å². The fraction of sp³-hybridized carbons (Fsp3) is 0.375. The Morgan fingerprint density at radius 3 is 2.38 bits per heavy atom. The average molecular weight is 388 g/mol. The molecule has 142 valence electrons. The molecule has 0 aliphatic carbocycles. The fourth-order valence-corrected chi connectivity index (χ4v) is 3.07. The molecule has 1 aromatic heterocycles. The molecule has 0 atom stereocenters. The van der Waals surface area contributed by atoms with Crippen LogP contribution < -0.4 is 20.3 Å². The molecule has 6 nitrogen and oxygen atoms in total. The molecule has 2 aromatic rings. The van der Waals surface area contributed by atoms with Gasteiger partial charge in [0.25, 0.3) is 0 Å². The highest BCUT2D eigenvalue weighted by Crippen LogP contribution is 2.38. The molecule has 1 aromatic carbocycles. The van der Waals surface area contributed by atoms with Crippen molar-refractivity contribution in [3.05, 3.63) is 30.0 Å². The first-order valence-electron chi connectivity index (χ1n) is 7.55. The van der Waals surface area contributed by atoms with Gasteiger partial charge in [-0.15, -0.1) is 0 Å². The van der Waals surface area contributed by atoms with Crippen LogP contribution in [0.4, 0.5) is 30.6 Å². The van der Waals surface area contributed by atoms with Crippen molar-refractivity contribution in [2.75, 3.05) is 44.8 Å². The van der Waals surface area contributed by atoms with Crippen LogP contribution >= 0.6 is 7.14 Å².